The van der Waals surface area contributed by atoms with Gasteiger partial charge in [-0.2, -0.15) is 0 Å². The molecule has 0 aliphatic rings. The van der Waals surface area contributed by atoms with Gasteiger partial charge in [0.05, 0.1) is 6.61 Å². The van der Waals surface area contributed by atoms with Crippen molar-refractivity contribution in [2.24, 2.45) is 0 Å². The maximum absolute atomic E-state index is 5.97. The lowest BCUT2D eigenvalue weighted by atomic mass is 10.3. The van der Waals surface area contributed by atoms with E-state index in [0.29, 0.717) is 11.9 Å². The van der Waals surface area contributed by atoms with Gasteiger partial charge in [-0.25, -0.2) is 0 Å². The molecule has 0 fully saturated rings. The van der Waals surface area contributed by atoms with Gasteiger partial charge in [-0.1, -0.05) is 25.1 Å². The summed E-state index contributed by atoms with van der Waals surface area (Å²) in [6.07, 6.45) is 1.71. The van der Waals surface area contributed by atoms with Crippen LogP contribution in [0.3, 0.4) is 0 Å². The van der Waals surface area contributed by atoms with E-state index in [1.165, 1.54) is 0 Å². The monoisotopic (exact) mass is 265 g/mol. The zero-order valence-corrected chi connectivity index (χ0v) is 11.1. The van der Waals surface area contributed by atoms with Crippen LogP contribution in [-0.4, -0.2) is 21.4 Å². The van der Waals surface area contributed by atoms with E-state index in [-0.39, 0.29) is 0 Å². The minimum Gasteiger partial charge on any atom is -0.494 e. The van der Waals surface area contributed by atoms with Crippen molar-refractivity contribution in [1.29, 1.82) is 0 Å². The molecule has 0 bridgehead atoms. The number of halogens is 1. The molecule has 96 valence electrons. The van der Waals surface area contributed by atoms with E-state index in [9.17, 15) is 0 Å². The first-order valence-electron chi connectivity index (χ1n) is 6.06. The SMILES string of the molecule is CCc1nnc(Cl)n1CCCOc1ccccc1. The average molecular weight is 266 g/mol. The summed E-state index contributed by atoms with van der Waals surface area (Å²) in [6, 6.07) is 9.78. The predicted octanol–water partition coefficient (Wildman–Crippen LogP) is 2.96. The van der Waals surface area contributed by atoms with Crippen LogP contribution >= 0.6 is 11.6 Å². The first-order chi connectivity index (χ1) is 8.81. The van der Waals surface area contributed by atoms with Gasteiger partial charge in [0.15, 0.2) is 0 Å². The molecule has 0 unspecified atom stereocenters. The highest BCUT2D eigenvalue weighted by Crippen LogP contribution is 2.11. The second kappa shape index (κ2) is 6.40. The Hall–Kier alpha value is -1.55. The quantitative estimate of drug-likeness (QED) is 0.754. The first kappa shape index (κ1) is 12.9. The summed E-state index contributed by atoms with van der Waals surface area (Å²) in [6.45, 7) is 3.47. The number of benzene rings is 1. The second-order valence-corrected chi connectivity index (χ2v) is 4.24. The Morgan fingerprint density at radius 1 is 1.22 bits per heavy atom. The molecular formula is C13H16ClN3O. The number of ether oxygens (including phenoxy) is 1. The second-order valence-electron chi connectivity index (χ2n) is 3.91. The fraction of sp³-hybridized carbons (Fsp3) is 0.385. The standard InChI is InChI=1S/C13H16ClN3O/c1-2-12-15-16-13(14)17(12)9-6-10-18-11-7-4-3-5-8-11/h3-5,7-8H,2,6,9-10H2,1H3. The van der Waals surface area contributed by atoms with E-state index in [1.807, 2.05) is 41.8 Å². The van der Waals surface area contributed by atoms with E-state index >= 15 is 0 Å². The molecule has 18 heavy (non-hydrogen) atoms. The number of nitrogens with zero attached hydrogens (tertiary/aromatic N) is 3. The van der Waals surface area contributed by atoms with Crippen LogP contribution in [0.25, 0.3) is 0 Å². The van der Waals surface area contributed by atoms with Crippen molar-refractivity contribution in [2.75, 3.05) is 6.61 Å². The van der Waals surface area contributed by atoms with Crippen LogP contribution in [0.15, 0.2) is 30.3 Å². The van der Waals surface area contributed by atoms with Crippen molar-refractivity contribution >= 4 is 11.6 Å². The Balaban J connectivity index is 1.80. The molecule has 2 aromatic rings. The Bertz CT molecular complexity index is 484. The van der Waals surface area contributed by atoms with E-state index in [1.54, 1.807) is 0 Å². The van der Waals surface area contributed by atoms with Crippen LogP contribution < -0.4 is 4.74 Å². The van der Waals surface area contributed by atoms with Crippen molar-refractivity contribution in [3.63, 3.8) is 0 Å². The highest BCUT2D eigenvalue weighted by Gasteiger charge is 2.07. The normalized spacial score (nSPS) is 10.6. The molecule has 0 saturated carbocycles. The molecule has 0 aliphatic carbocycles. The molecule has 2 rings (SSSR count). The summed E-state index contributed by atoms with van der Waals surface area (Å²) in [5, 5.41) is 8.32. The number of rotatable bonds is 6. The number of hydrogen-bond donors (Lipinski definition) is 0. The van der Waals surface area contributed by atoms with Crippen LogP contribution in [-0.2, 0) is 13.0 Å². The lowest BCUT2D eigenvalue weighted by Gasteiger charge is -2.08. The highest BCUT2D eigenvalue weighted by molar-refractivity contribution is 6.28. The summed E-state index contributed by atoms with van der Waals surface area (Å²) >= 11 is 5.97. The van der Waals surface area contributed by atoms with Gasteiger partial charge in [0.25, 0.3) is 0 Å². The topological polar surface area (TPSA) is 39.9 Å². The zero-order chi connectivity index (χ0) is 12.8. The maximum atomic E-state index is 5.97. The number of para-hydroxylation sites is 1. The summed E-state index contributed by atoms with van der Waals surface area (Å²) in [4.78, 5) is 0. The van der Waals surface area contributed by atoms with Crippen LogP contribution in [0.2, 0.25) is 5.28 Å². The molecule has 0 atom stereocenters. The van der Waals surface area contributed by atoms with Crippen LogP contribution in [0, 0.1) is 0 Å². The average Bonchev–Trinajstić information content (AvgIpc) is 2.77. The van der Waals surface area contributed by atoms with E-state index in [2.05, 4.69) is 10.2 Å². The van der Waals surface area contributed by atoms with Crippen LogP contribution in [0.4, 0.5) is 0 Å². The van der Waals surface area contributed by atoms with Crippen LogP contribution in [0.1, 0.15) is 19.2 Å². The lowest BCUT2D eigenvalue weighted by molar-refractivity contribution is 0.301. The molecule has 0 radical (unpaired) electrons. The third-order valence-electron chi connectivity index (χ3n) is 2.64. The summed E-state index contributed by atoms with van der Waals surface area (Å²) in [7, 11) is 0. The van der Waals surface area contributed by atoms with Gasteiger partial charge in [0.2, 0.25) is 5.28 Å². The van der Waals surface area contributed by atoms with Crippen molar-refractivity contribution in [3.05, 3.63) is 41.4 Å². The minimum atomic E-state index is 0.451. The molecule has 0 N–H and O–H groups in total. The molecule has 0 spiro atoms. The van der Waals surface area contributed by atoms with Gasteiger partial charge < -0.3 is 9.30 Å². The van der Waals surface area contributed by atoms with Gasteiger partial charge in [-0.15, -0.1) is 10.2 Å². The Labute approximate surface area is 112 Å². The molecule has 5 heteroatoms. The Kier molecular flexibility index (Phi) is 4.59. The third-order valence-corrected chi connectivity index (χ3v) is 2.92. The Morgan fingerprint density at radius 2 is 2.00 bits per heavy atom. The predicted molar refractivity (Wildman–Crippen MR) is 71.0 cm³/mol. The van der Waals surface area contributed by atoms with Crippen molar-refractivity contribution in [3.8, 4) is 5.75 Å². The van der Waals surface area contributed by atoms with Gasteiger partial charge in [0.1, 0.15) is 11.6 Å². The first-order valence-corrected chi connectivity index (χ1v) is 6.44. The molecule has 1 aromatic carbocycles. The maximum Gasteiger partial charge on any atom is 0.225 e. The highest BCUT2D eigenvalue weighted by atomic mass is 35.5. The number of aromatic nitrogens is 3. The molecule has 0 aliphatic heterocycles. The Morgan fingerprint density at radius 3 is 2.72 bits per heavy atom. The molecule has 1 aromatic heterocycles. The largest absolute Gasteiger partial charge is 0.494 e. The van der Waals surface area contributed by atoms with E-state index in [0.717, 1.165) is 31.0 Å². The molecular weight excluding hydrogens is 250 g/mol. The summed E-state index contributed by atoms with van der Waals surface area (Å²) in [5.74, 6) is 1.81. The zero-order valence-electron chi connectivity index (χ0n) is 10.3. The van der Waals surface area contributed by atoms with Crippen LogP contribution in [0.5, 0.6) is 5.75 Å². The molecule has 1 heterocycles. The molecule has 0 amide bonds. The summed E-state index contributed by atoms with van der Waals surface area (Å²) < 4.78 is 7.55. The summed E-state index contributed by atoms with van der Waals surface area (Å²) in [5.41, 5.74) is 0. The van der Waals surface area contributed by atoms with Crippen molar-refractivity contribution in [2.45, 2.75) is 26.3 Å². The van der Waals surface area contributed by atoms with Crippen molar-refractivity contribution < 1.29 is 4.74 Å². The van der Waals surface area contributed by atoms with Crippen molar-refractivity contribution in [1.82, 2.24) is 14.8 Å². The van der Waals surface area contributed by atoms with Gasteiger partial charge in [0, 0.05) is 13.0 Å². The minimum absolute atomic E-state index is 0.451. The lowest BCUT2D eigenvalue weighted by Crippen LogP contribution is -2.07. The number of hydrogen-bond acceptors (Lipinski definition) is 3. The van der Waals surface area contributed by atoms with Gasteiger partial charge in [-0.05, 0) is 30.2 Å². The number of aryl methyl sites for hydroxylation is 1. The smallest absolute Gasteiger partial charge is 0.225 e. The molecule has 4 nitrogen and oxygen atoms in total. The van der Waals surface area contributed by atoms with E-state index < -0.39 is 0 Å². The van der Waals surface area contributed by atoms with Gasteiger partial charge in [-0.3, -0.25) is 0 Å². The van der Waals surface area contributed by atoms with E-state index in [4.69, 9.17) is 16.3 Å². The third kappa shape index (κ3) is 3.23. The molecule has 0 saturated heterocycles. The fourth-order valence-corrected chi connectivity index (χ4v) is 1.95. The fourth-order valence-electron chi connectivity index (χ4n) is 1.73. The van der Waals surface area contributed by atoms with Gasteiger partial charge >= 0.3 is 0 Å².